The third-order valence-electron chi connectivity index (χ3n) is 5.23. The smallest absolute Gasteiger partial charge is 0.0600 e. The summed E-state index contributed by atoms with van der Waals surface area (Å²) < 4.78 is 5.99. The fourth-order valence-corrected chi connectivity index (χ4v) is 3.80. The van der Waals surface area contributed by atoms with E-state index in [9.17, 15) is 0 Å². The van der Waals surface area contributed by atoms with E-state index >= 15 is 0 Å². The van der Waals surface area contributed by atoms with Crippen LogP contribution in [0.15, 0.2) is 0 Å². The van der Waals surface area contributed by atoms with Crippen molar-refractivity contribution < 1.29 is 4.74 Å². The van der Waals surface area contributed by atoms with Crippen LogP contribution in [-0.2, 0) is 4.74 Å². The molecule has 3 heteroatoms. The molecule has 0 bridgehead atoms. The topological polar surface area (TPSA) is 24.5 Å². The Hall–Kier alpha value is -0.120. The van der Waals surface area contributed by atoms with Crippen LogP contribution in [-0.4, -0.2) is 48.3 Å². The van der Waals surface area contributed by atoms with Crippen molar-refractivity contribution in [2.75, 3.05) is 26.2 Å². The maximum absolute atomic E-state index is 5.99. The maximum Gasteiger partial charge on any atom is 0.0600 e. The normalized spacial score (nSPS) is 27.4. The quantitative estimate of drug-likeness (QED) is 0.863. The molecule has 2 rings (SSSR count). The Morgan fingerprint density at radius 3 is 2.24 bits per heavy atom. The van der Waals surface area contributed by atoms with Crippen molar-refractivity contribution in [2.45, 2.75) is 84.4 Å². The minimum Gasteiger partial charge on any atom is -0.375 e. The molecule has 0 radical (unpaired) electrons. The van der Waals surface area contributed by atoms with Gasteiger partial charge >= 0.3 is 0 Å². The summed E-state index contributed by atoms with van der Waals surface area (Å²) in [6.45, 7) is 17.7. The van der Waals surface area contributed by atoms with Crippen molar-refractivity contribution in [1.82, 2.24) is 10.2 Å². The molecular weight excluding hydrogens is 260 g/mol. The van der Waals surface area contributed by atoms with Gasteiger partial charge in [0.25, 0.3) is 0 Å². The van der Waals surface area contributed by atoms with Gasteiger partial charge in [0, 0.05) is 31.2 Å². The van der Waals surface area contributed by atoms with Crippen molar-refractivity contribution in [3.8, 4) is 0 Å². The third kappa shape index (κ3) is 4.43. The summed E-state index contributed by atoms with van der Waals surface area (Å²) in [6.07, 6.45) is 5.48. The third-order valence-corrected chi connectivity index (χ3v) is 5.23. The molecule has 21 heavy (non-hydrogen) atoms. The SMILES string of the molecule is CC(C)(C)OCCN1CC(C(C)(C)C)NCC12CCCC2. The van der Waals surface area contributed by atoms with E-state index in [1.165, 1.54) is 25.7 Å². The number of rotatable bonds is 3. The summed E-state index contributed by atoms with van der Waals surface area (Å²) in [5.41, 5.74) is 0.701. The first-order chi connectivity index (χ1) is 9.62. The molecule has 1 spiro atoms. The van der Waals surface area contributed by atoms with Crippen LogP contribution in [0.2, 0.25) is 0 Å². The van der Waals surface area contributed by atoms with Crippen LogP contribution in [0.1, 0.15) is 67.2 Å². The molecule has 1 aliphatic carbocycles. The van der Waals surface area contributed by atoms with Gasteiger partial charge in [-0.25, -0.2) is 0 Å². The highest BCUT2D eigenvalue weighted by atomic mass is 16.5. The summed E-state index contributed by atoms with van der Waals surface area (Å²) in [4.78, 5) is 2.75. The van der Waals surface area contributed by atoms with Crippen LogP contribution in [0, 0.1) is 5.41 Å². The van der Waals surface area contributed by atoms with Gasteiger partial charge in [-0.1, -0.05) is 33.6 Å². The van der Waals surface area contributed by atoms with Gasteiger partial charge < -0.3 is 10.1 Å². The summed E-state index contributed by atoms with van der Waals surface area (Å²) in [5.74, 6) is 0. The summed E-state index contributed by atoms with van der Waals surface area (Å²) >= 11 is 0. The summed E-state index contributed by atoms with van der Waals surface area (Å²) in [6, 6.07) is 0.582. The molecule has 1 heterocycles. The van der Waals surface area contributed by atoms with E-state index < -0.39 is 0 Å². The van der Waals surface area contributed by atoms with Crippen LogP contribution in [0.4, 0.5) is 0 Å². The predicted molar refractivity (Wildman–Crippen MR) is 89.7 cm³/mol. The van der Waals surface area contributed by atoms with E-state index in [0.717, 1.165) is 26.2 Å². The van der Waals surface area contributed by atoms with Crippen molar-refractivity contribution in [2.24, 2.45) is 5.41 Å². The molecule has 1 saturated heterocycles. The number of nitrogens with one attached hydrogen (secondary N) is 1. The number of hydrogen-bond donors (Lipinski definition) is 1. The molecule has 1 saturated carbocycles. The largest absolute Gasteiger partial charge is 0.375 e. The van der Waals surface area contributed by atoms with Gasteiger partial charge in [0.05, 0.1) is 12.2 Å². The molecule has 0 aromatic carbocycles. The van der Waals surface area contributed by atoms with Gasteiger partial charge in [0.1, 0.15) is 0 Å². The lowest BCUT2D eigenvalue weighted by Gasteiger charge is -2.51. The maximum atomic E-state index is 5.99. The fraction of sp³-hybridized carbons (Fsp3) is 1.00. The zero-order valence-electron chi connectivity index (χ0n) is 15.1. The number of piperazine rings is 1. The number of hydrogen-bond acceptors (Lipinski definition) is 3. The molecule has 1 atom stereocenters. The highest BCUT2D eigenvalue weighted by Gasteiger charge is 2.45. The summed E-state index contributed by atoms with van der Waals surface area (Å²) in [5, 5.41) is 3.85. The molecular formula is C18H36N2O. The van der Waals surface area contributed by atoms with E-state index in [1.807, 2.05) is 0 Å². The Labute approximate surface area is 131 Å². The molecule has 1 unspecified atom stereocenters. The molecule has 2 aliphatic rings. The zero-order chi connectivity index (χ0) is 15.7. The van der Waals surface area contributed by atoms with E-state index in [0.29, 0.717) is 17.0 Å². The highest BCUT2D eigenvalue weighted by molar-refractivity contribution is 5.03. The lowest BCUT2D eigenvalue weighted by Crippen LogP contribution is -2.66. The lowest BCUT2D eigenvalue weighted by molar-refractivity contribution is -0.0452. The average molecular weight is 296 g/mol. The van der Waals surface area contributed by atoms with E-state index in [1.54, 1.807) is 0 Å². The van der Waals surface area contributed by atoms with Crippen LogP contribution < -0.4 is 5.32 Å². The first kappa shape index (κ1) is 17.2. The Morgan fingerprint density at radius 1 is 1.10 bits per heavy atom. The number of nitrogens with zero attached hydrogens (tertiary/aromatic N) is 1. The van der Waals surface area contributed by atoms with Crippen LogP contribution >= 0.6 is 0 Å². The van der Waals surface area contributed by atoms with Gasteiger partial charge in [0.15, 0.2) is 0 Å². The van der Waals surface area contributed by atoms with Crippen LogP contribution in [0.25, 0.3) is 0 Å². The molecule has 2 fully saturated rings. The van der Waals surface area contributed by atoms with Gasteiger partial charge in [-0.3, -0.25) is 4.90 Å². The Kier molecular flexibility index (Phi) is 5.07. The van der Waals surface area contributed by atoms with E-state index in [4.69, 9.17) is 4.74 Å². The van der Waals surface area contributed by atoms with Crippen LogP contribution in [0.5, 0.6) is 0 Å². The first-order valence-corrected chi connectivity index (χ1v) is 8.75. The van der Waals surface area contributed by atoms with Gasteiger partial charge in [0.2, 0.25) is 0 Å². The molecule has 1 aliphatic heterocycles. The second-order valence-electron chi connectivity index (χ2n) is 9.14. The fourth-order valence-electron chi connectivity index (χ4n) is 3.80. The van der Waals surface area contributed by atoms with Crippen molar-refractivity contribution in [3.05, 3.63) is 0 Å². The zero-order valence-corrected chi connectivity index (χ0v) is 15.1. The van der Waals surface area contributed by atoms with Crippen molar-refractivity contribution in [1.29, 1.82) is 0 Å². The van der Waals surface area contributed by atoms with Gasteiger partial charge in [-0.05, 0) is 39.0 Å². The first-order valence-electron chi connectivity index (χ1n) is 8.75. The Morgan fingerprint density at radius 2 is 1.71 bits per heavy atom. The molecule has 0 amide bonds. The molecule has 0 aromatic heterocycles. The Balaban J connectivity index is 2.00. The monoisotopic (exact) mass is 296 g/mol. The van der Waals surface area contributed by atoms with Crippen LogP contribution in [0.3, 0.4) is 0 Å². The summed E-state index contributed by atoms with van der Waals surface area (Å²) in [7, 11) is 0. The lowest BCUT2D eigenvalue weighted by atomic mass is 9.81. The molecule has 1 N–H and O–H groups in total. The van der Waals surface area contributed by atoms with Gasteiger partial charge in [-0.2, -0.15) is 0 Å². The minimum absolute atomic E-state index is 0.0275. The van der Waals surface area contributed by atoms with E-state index in [2.05, 4.69) is 51.8 Å². The van der Waals surface area contributed by atoms with Gasteiger partial charge in [-0.15, -0.1) is 0 Å². The van der Waals surface area contributed by atoms with Crippen molar-refractivity contribution >= 4 is 0 Å². The second-order valence-corrected chi connectivity index (χ2v) is 9.14. The standard InChI is InChI=1S/C18H36N2O/c1-16(2,3)15-13-20(11-12-21-17(4,5)6)18(14-19-15)9-7-8-10-18/h15,19H,7-14H2,1-6H3. The molecule has 124 valence electrons. The molecule has 3 nitrogen and oxygen atoms in total. The second kappa shape index (κ2) is 6.17. The minimum atomic E-state index is -0.0275. The van der Waals surface area contributed by atoms with Crippen molar-refractivity contribution in [3.63, 3.8) is 0 Å². The molecule has 0 aromatic rings. The predicted octanol–water partition coefficient (Wildman–Crippen LogP) is 3.43. The Bertz CT molecular complexity index is 334. The highest BCUT2D eigenvalue weighted by Crippen LogP contribution is 2.38. The average Bonchev–Trinajstić information content (AvgIpc) is 2.78. The number of ether oxygens (including phenoxy) is 1. The van der Waals surface area contributed by atoms with E-state index in [-0.39, 0.29) is 5.60 Å².